The summed E-state index contributed by atoms with van der Waals surface area (Å²) in [5.41, 5.74) is 2.38. The molecule has 1 aromatic heterocycles. The van der Waals surface area contributed by atoms with Gasteiger partial charge in [0.2, 0.25) is 0 Å². The number of aromatic nitrogens is 3. The highest BCUT2D eigenvalue weighted by atomic mass is 16.2. The van der Waals surface area contributed by atoms with Gasteiger partial charge < -0.3 is 0 Å². The van der Waals surface area contributed by atoms with E-state index in [0.29, 0.717) is 12.5 Å². The summed E-state index contributed by atoms with van der Waals surface area (Å²) in [6, 6.07) is 8.25. The maximum absolute atomic E-state index is 12.3. The zero-order chi connectivity index (χ0) is 13.4. The van der Waals surface area contributed by atoms with Gasteiger partial charge in [-0.25, -0.2) is 9.48 Å². The van der Waals surface area contributed by atoms with Crippen LogP contribution in [0.2, 0.25) is 0 Å². The largest absolute Gasteiger partial charge is 0.346 e. The average molecular weight is 257 g/mol. The van der Waals surface area contributed by atoms with E-state index in [9.17, 15) is 4.79 Å². The Morgan fingerprint density at radius 3 is 2.79 bits per heavy atom. The molecule has 0 aliphatic carbocycles. The normalized spacial score (nSPS) is 18.3. The minimum Gasteiger partial charge on any atom is -0.279 e. The summed E-state index contributed by atoms with van der Waals surface area (Å²) in [5.74, 6) is 1.57. The molecule has 0 bridgehead atoms. The molecular weight excluding hydrogens is 238 g/mol. The molecule has 0 fully saturated rings. The maximum atomic E-state index is 12.3. The smallest absolute Gasteiger partial charge is 0.279 e. The first-order chi connectivity index (χ1) is 9.13. The first-order valence-electron chi connectivity index (χ1n) is 6.85. The fourth-order valence-electron chi connectivity index (χ4n) is 2.59. The molecule has 2 heterocycles. The van der Waals surface area contributed by atoms with Gasteiger partial charge in [0.25, 0.3) is 0 Å². The summed E-state index contributed by atoms with van der Waals surface area (Å²) in [4.78, 5) is 12.3. The molecule has 3 rings (SSSR count). The molecule has 0 saturated heterocycles. The lowest BCUT2D eigenvalue weighted by Gasteiger charge is -2.17. The van der Waals surface area contributed by atoms with Crippen molar-refractivity contribution in [2.75, 3.05) is 0 Å². The van der Waals surface area contributed by atoms with E-state index >= 15 is 0 Å². The number of benzene rings is 1. The maximum Gasteiger partial charge on any atom is 0.346 e. The predicted molar refractivity (Wildman–Crippen MR) is 74.3 cm³/mol. The Kier molecular flexibility index (Phi) is 3.01. The van der Waals surface area contributed by atoms with Crippen molar-refractivity contribution in [2.45, 2.75) is 39.8 Å². The van der Waals surface area contributed by atoms with Gasteiger partial charge in [0.1, 0.15) is 5.82 Å². The Morgan fingerprint density at radius 2 is 2.05 bits per heavy atom. The third-order valence-electron chi connectivity index (χ3n) is 3.83. The third-order valence-corrected chi connectivity index (χ3v) is 3.83. The highest BCUT2D eigenvalue weighted by molar-refractivity contribution is 5.21. The number of nitrogens with zero attached hydrogens (tertiary/aromatic N) is 3. The zero-order valence-electron chi connectivity index (χ0n) is 11.5. The molecule has 4 heteroatoms. The van der Waals surface area contributed by atoms with Crippen molar-refractivity contribution >= 4 is 0 Å². The van der Waals surface area contributed by atoms with Crippen LogP contribution in [0.25, 0.3) is 0 Å². The van der Waals surface area contributed by atoms with Gasteiger partial charge in [-0.3, -0.25) is 4.57 Å². The molecule has 0 spiro atoms. The number of hydrogen-bond acceptors (Lipinski definition) is 2. The van der Waals surface area contributed by atoms with Crippen LogP contribution in [0.1, 0.15) is 30.3 Å². The predicted octanol–water partition coefficient (Wildman–Crippen LogP) is 1.98. The summed E-state index contributed by atoms with van der Waals surface area (Å²) >= 11 is 0. The number of rotatable bonds is 2. The topological polar surface area (TPSA) is 39.8 Å². The lowest BCUT2D eigenvalue weighted by atomic mass is 10.0. The molecule has 1 aliphatic rings. The second-order valence-corrected chi connectivity index (χ2v) is 5.59. The van der Waals surface area contributed by atoms with E-state index in [-0.39, 0.29) is 5.69 Å². The molecule has 0 radical (unpaired) electrons. The van der Waals surface area contributed by atoms with E-state index in [4.69, 9.17) is 0 Å². The Balaban J connectivity index is 1.90. The fourth-order valence-corrected chi connectivity index (χ4v) is 2.59. The summed E-state index contributed by atoms with van der Waals surface area (Å²) in [6.45, 7) is 5.65. The first kappa shape index (κ1) is 12.2. The molecular formula is C15H19N3O. The number of hydrogen-bond donors (Lipinski definition) is 0. The summed E-state index contributed by atoms with van der Waals surface area (Å²) < 4.78 is 3.42. The highest BCUT2D eigenvalue weighted by Gasteiger charge is 2.20. The van der Waals surface area contributed by atoms with Gasteiger partial charge in [0.15, 0.2) is 0 Å². The van der Waals surface area contributed by atoms with Crippen LogP contribution in [0.3, 0.4) is 0 Å². The molecule has 0 amide bonds. The zero-order valence-corrected chi connectivity index (χ0v) is 11.5. The van der Waals surface area contributed by atoms with E-state index in [1.54, 1.807) is 4.68 Å². The van der Waals surface area contributed by atoms with Crippen LogP contribution in [0.5, 0.6) is 0 Å². The van der Waals surface area contributed by atoms with Crippen molar-refractivity contribution in [1.29, 1.82) is 0 Å². The van der Waals surface area contributed by atoms with Crippen molar-refractivity contribution in [3.8, 4) is 0 Å². The van der Waals surface area contributed by atoms with Gasteiger partial charge in [-0.2, -0.15) is 5.10 Å². The molecule has 19 heavy (non-hydrogen) atoms. The monoisotopic (exact) mass is 257 g/mol. The van der Waals surface area contributed by atoms with E-state index in [1.165, 1.54) is 5.56 Å². The lowest BCUT2D eigenvalue weighted by Crippen LogP contribution is -2.28. The Labute approximate surface area is 112 Å². The molecule has 4 nitrogen and oxygen atoms in total. The van der Waals surface area contributed by atoms with Gasteiger partial charge in [0, 0.05) is 13.0 Å². The minimum absolute atomic E-state index is 0.0301. The molecule has 1 aromatic carbocycles. The standard InChI is InChI=1S/C15H19N3O/c1-11-3-5-13(6-4-11)10-18-15(19)17-8-7-12(2)9-14(17)16-18/h3-6,12H,7-10H2,1-2H3/t12-/m1/s1. The molecule has 100 valence electrons. The lowest BCUT2D eigenvalue weighted by molar-refractivity contribution is 0.404. The van der Waals surface area contributed by atoms with Crippen LogP contribution < -0.4 is 5.69 Å². The first-order valence-corrected chi connectivity index (χ1v) is 6.85. The molecule has 2 aromatic rings. The SMILES string of the molecule is Cc1ccc(Cn2nc3n(c2=O)CC[C@@H](C)C3)cc1. The molecule has 1 atom stereocenters. The van der Waals surface area contributed by atoms with Gasteiger partial charge in [-0.05, 0) is 24.8 Å². The Hall–Kier alpha value is -1.84. The van der Waals surface area contributed by atoms with E-state index < -0.39 is 0 Å². The number of fused-ring (bicyclic) bond motifs is 1. The molecule has 0 saturated carbocycles. The van der Waals surface area contributed by atoms with Crippen molar-refractivity contribution in [3.63, 3.8) is 0 Å². The average Bonchev–Trinajstić information content (AvgIpc) is 2.68. The van der Waals surface area contributed by atoms with Gasteiger partial charge >= 0.3 is 5.69 Å². The third kappa shape index (κ3) is 2.35. The second kappa shape index (κ2) is 4.68. The van der Waals surface area contributed by atoms with Crippen molar-refractivity contribution in [1.82, 2.24) is 14.3 Å². The van der Waals surface area contributed by atoms with Crippen molar-refractivity contribution in [3.05, 3.63) is 51.7 Å². The van der Waals surface area contributed by atoms with Crippen LogP contribution in [0, 0.1) is 12.8 Å². The highest BCUT2D eigenvalue weighted by Crippen LogP contribution is 2.16. The van der Waals surface area contributed by atoms with Crippen LogP contribution in [-0.2, 0) is 19.5 Å². The van der Waals surface area contributed by atoms with Gasteiger partial charge in [-0.15, -0.1) is 0 Å². The Bertz CT molecular complexity index is 636. The van der Waals surface area contributed by atoms with Crippen molar-refractivity contribution in [2.24, 2.45) is 5.92 Å². The summed E-state index contributed by atoms with van der Waals surface area (Å²) in [5, 5.41) is 4.49. The molecule has 1 aliphatic heterocycles. The van der Waals surface area contributed by atoms with Crippen LogP contribution >= 0.6 is 0 Å². The second-order valence-electron chi connectivity index (χ2n) is 5.59. The Morgan fingerprint density at radius 1 is 1.32 bits per heavy atom. The number of aryl methyl sites for hydroxylation is 1. The minimum atomic E-state index is 0.0301. The van der Waals surface area contributed by atoms with Crippen LogP contribution in [-0.4, -0.2) is 14.3 Å². The van der Waals surface area contributed by atoms with E-state index in [2.05, 4.69) is 43.2 Å². The molecule has 0 N–H and O–H groups in total. The van der Waals surface area contributed by atoms with Gasteiger partial charge in [0.05, 0.1) is 6.54 Å². The van der Waals surface area contributed by atoms with Crippen molar-refractivity contribution < 1.29 is 0 Å². The quantitative estimate of drug-likeness (QED) is 0.825. The van der Waals surface area contributed by atoms with Crippen LogP contribution in [0.15, 0.2) is 29.1 Å². The van der Waals surface area contributed by atoms with E-state index in [0.717, 1.165) is 30.8 Å². The molecule has 0 unspecified atom stereocenters. The fraction of sp³-hybridized carbons (Fsp3) is 0.467. The van der Waals surface area contributed by atoms with Gasteiger partial charge in [-0.1, -0.05) is 36.8 Å². The van der Waals surface area contributed by atoms with Crippen LogP contribution in [0.4, 0.5) is 0 Å². The summed E-state index contributed by atoms with van der Waals surface area (Å²) in [7, 11) is 0. The summed E-state index contributed by atoms with van der Waals surface area (Å²) in [6.07, 6.45) is 1.99. The van der Waals surface area contributed by atoms with E-state index in [1.807, 2.05) is 4.57 Å².